The van der Waals surface area contributed by atoms with Gasteiger partial charge in [0.15, 0.2) is 23.0 Å². The molecule has 0 aliphatic carbocycles. The maximum Gasteiger partial charge on any atom is 0.169 e. The van der Waals surface area contributed by atoms with Crippen molar-refractivity contribution in [3.05, 3.63) is 77.9 Å². The van der Waals surface area contributed by atoms with Crippen LogP contribution in [0.5, 0.6) is 23.0 Å². The van der Waals surface area contributed by atoms with Crippen LogP contribution in [0.2, 0.25) is 0 Å². The zero-order valence-electron chi connectivity index (χ0n) is 20.6. The van der Waals surface area contributed by atoms with E-state index in [1.165, 1.54) is 5.56 Å². The van der Waals surface area contributed by atoms with Crippen molar-refractivity contribution < 1.29 is 18.9 Å². The number of methoxy groups -OCH3 is 4. The number of hydrogen-bond acceptors (Lipinski definition) is 4. The molecule has 0 aliphatic heterocycles. The van der Waals surface area contributed by atoms with Crippen LogP contribution < -0.4 is 18.9 Å². The van der Waals surface area contributed by atoms with Gasteiger partial charge in [-0.2, -0.15) is 0 Å². The number of aryl methyl sites for hydroxylation is 2. The Labute approximate surface area is 201 Å². The lowest BCUT2D eigenvalue weighted by molar-refractivity contribution is 0.354. The number of benzene rings is 4. The fraction of sp³-hybridized carbons (Fsp3) is 0.200. The van der Waals surface area contributed by atoms with Crippen molar-refractivity contribution in [3.8, 4) is 45.3 Å². The minimum atomic E-state index is 0.669. The Balaban J connectivity index is 2.06. The zero-order chi connectivity index (χ0) is 24.4. The summed E-state index contributed by atoms with van der Waals surface area (Å²) in [4.78, 5) is 0. The van der Waals surface area contributed by atoms with E-state index in [9.17, 15) is 0 Å². The topological polar surface area (TPSA) is 36.9 Å². The lowest BCUT2D eigenvalue weighted by atomic mass is 9.88. The molecule has 0 fully saturated rings. The zero-order valence-corrected chi connectivity index (χ0v) is 20.6. The number of hydrogen-bond donors (Lipinski definition) is 0. The van der Waals surface area contributed by atoms with Crippen LogP contribution in [0.25, 0.3) is 39.1 Å². The van der Waals surface area contributed by atoms with E-state index >= 15 is 0 Å². The van der Waals surface area contributed by atoms with Crippen molar-refractivity contribution in [1.29, 1.82) is 0 Å². The summed E-state index contributed by atoms with van der Waals surface area (Å²) >= 11 is 0. The van der Waals surface area contributed by atoms with Gasteiger partial charge in [0.2, 0.25) is 0 Å². The average molecular weight is 455 g/mol. The molecule has 0 saturated carbocycles. The summed E-state index contributed by atoms with van der Waals surface area (Å²) in [6.45, 7) is 8.25. The summed E-state index contributed by atoms with van der Waals surface area (Å²) in [5, 5.41) is 2.19. The number of rotatable bonds is 7. The molecule has 4 heteroatoms. The molecule has 0 heterocycles. The molecule has 0 N–H and O–H groups in total. The molecule has 4 aromatic carbocycles. The van der Waals surface area contributed by atoms with Crippen molar-refractivity contribution in [2.45, 2.75) is 13.8 Å². The largest absolute Gasteiger partial charge is 0.493 e. The van der Waals surface area contributed by atoms with Gasteiger partial charge in [-0.1, -0.05) is 54.6 Å². The van der Waals surface area contributed by atoms with Crippen molar-refractivity contribution in [2.75, 3.05) is 28.4 Å². The molecule has 0 unspecified atom stereocenters. The first-order valence-electron chi connectivity index (χ1n) is 11.1. The smallest absolute Gasteiger partial charge is 0.169 e. The van der Waals surface area contributed by atoms with Gasteiger partial charge in [0.25, 0.3) is 0 Å². The van der Waals surface area contributed by atoms with Crippen LogP contribution in [0.4, 0.5) is 0 Å². The molecule has 0 saturated heterocycles. The van der Waals surface area contributed by atoms with E-state index in [0.717, 1.165) is 49.9 Å². The summed E-state index contributed by atoms with van der Waals surface area (Å²) < 4.78 is 22.8. The molecule has 4 aromatic rings. The number of fused-ring (bicyclic) bond motifs is 1. The van der Waals surface area contributed by atoms with E-state index in [1.54, 1.807) is 28.4 Å². The van der Waals surface area contributed by atoms with Crippen LogP contribution in [0.15, 0.2) is 61.2 Å². The van der Waals surface area contributed by atoms with Crippen molar-refractivity contribution >= 4 is 16.8 Å². The van der Waals surface area contributed by atoms with Gasteiger partial charge in [0.1, 0.15) is 0 Å². The molecule has 0 bridgehead atoms. The first-order chi connectivity index (χ1) is 16.5. The molecule has 0 aromatic heterocycles. The van der Waals surface area contributed by atoms with Gasteiger partial charge in [-0.25, -0.2) is 0 Å². The average Bonchev–Trinajstić information content (AvgIpc) is 2.87. The minimum Gasteiger partial charge on any atom is -0.493 e. The lowest BCUT2D eigenvalue weighted by Gasteiger charge is -2.20. The maximum absolute atomic E-state index is 5.84. The molecule has 0 spiro atoms. The van der Waals surface area contributed by atoms with Crippen LogP contribution in [-0.4, -0.2) is 28.4 Å². The third-order valence-corrected chi connectivity index (χ3v) is 6.35. The molecule has 0 amide bonds. The summed E-state index contributed by atoms with van der Waals surface area (Å²) in [6, 6.07) is 18.8. The first-order valence-corrected chi connectivity index (χ1v) is 11.1. The Morgan fingerprint density at radius 3 is 1.88 bits per heavy atom. The lowest BCUT2D eigenvalue weighted by Crippen LogP contribution is -1.98. The second-order valence-corrected chi connectivity index (χ2v) is 8.15. The van der Waals surface area contributed by atoms with Crippen LogP contribution in [-0.2, 0) is 0 Å². The van der Waals surface area contributed by atoms with Crippen LogP contribution >= 0.6 is 0 Å². The highest BCUT2D eigenvalue weighted by atomic mass is 16.5. The van der Waals surface area contributed by atoms with Crippen molar-refractivity contribution in [1.82, 2.24) is 0 Å². The minimum absolute atomic E-state index is 0.669. The highest BCUT2D eigenvalue weighted by Crippen LogP contribution is 2.47. The van der Waals surface area contributed by atoms with Gasteiger partial charge < -0.3 is 18.9 Å². The molecular formula is C30H30O4. The summed E-state index contributed by atoms with van der Waals surface area (Å²) in [6.07, 6.45) is 1.81. The predicted molar refractivity (Wildman–Crippen MR) is 141 cm³/mol. The molecule has 0 radical (unpaired) electrons. The highest BCUT2D eigenvalue weighted by Gasteiger charge is 2.21. The van der Waals surface area contributed by atoms with E-state index in [4.69, 9.17) is 18.9 Å². The first kappa shape index (κ1) is 23.2. The fourth-order valence-electron chi connectivity index (χ4n) is 4.62. The van der Waals surface area contributed by atoms with E-state index in [1.807, 2.05) is 18.2 Å². The highest BCUT2D eigenvalue weighted by molar-refractivity contribution is 6.05. The monoisotopic (exact) mass is 454 g/mol. The van der Waals surface area contributed by atoms with Gasteiger partial charge in [0, 0.05) is 11.1 Å². The summed E-state index contributed by atoms with van der Waals surface area (Å²) in [7, 11) is 6.64. The van der Waals surface area contributed by atoms with E-state index in [0.29, 0.717) is 17.2 Å². The molecule has 174 valence electrons. The van der Waals surface area contributed by atoms with E-state index < -0.39 is 0 Å². The standard InChI is InChI=1S/C30H30O4/c1-8-21-23(15-16-26(31-4)29(21)33-6)22-13-14-24-25(19(22)3)17-27(32-5)30(34-7)28(24)20-11-9-18(2)10-12-20/h8-17H,1H2,2-7H3. The molecule has 34 heavy (non-hydrogen) atoms. The quantitative estimate of drug-likeness (QED) is 0.290. The fourth-order valence-corrected chi connectivity index (χ4v) is 4.62. The Morgan fingerprint density at radius 2 is 1.29 bits per heavy atom. The third kappa shape index (κ3) is 3.75. The van der Waals surface area contributed by atoms with E-state index in [2.05, 4.69) is 62.9 Å². The van der Waals surface area contributed by atoms with Crippen LogP contribution in [0, 0.1) is 13.8 Å². The number of ether oxygens (including phenoxy) is 4. The second kappa shape index (κ2) is 9.52. The maximum atomic E-state index is 5.84. The van der Waals surface area contributed by atoms with Gasteiger partial charge >= 0.3 is 0 Å². The second-order valence-electron chi connectivity index (χ2n) is 8.15. The predicted octanol–water partition coefficient (Wildman–Crippen LogP) is 7.47. The molecule has 0 aliphatic rings. The molecule has 4 nitrogen and oxygen atoms in total. The van der Waals surface area contributed by atoms with Crippen LogP contribution in [0.3, 0.4) is 0 Å². The normalized spacial score (nSPS) is 10.8. The third-order valence-electron chi connectivity index (χ3n) is 6.35. The Hall–Kier alpha value is -3.92. The van der Waals surface area contributed by atoms with Gasteiger partial charge in [-0.15, -0.1) is 0 Å². The Kier molecular flexibility index (Phi) is 6.51. The Bertz CT molecular complexity index is 1370. The summed E-state index contributed by atoms with van der Waals surface area (Å²) in [5.41, 5.74) is 7.44. The molecule has 4 rings (SSSR count). The summed E-state index contributed by atoms with van der Waals surface area (Å²) in [5.74, 6) is 2.76. The van der Waals surface area contributed by atoms with Crippen molar-refractivity contribution in [3.63, 3.8) is 0 Å². The van der Waals surface area contributed by atoms with Gasteiger partial charge in [-0.05, 0) is 65.1 Å². The van der Waals surface area contributed by atoms with Crippen molar-refractivity contribution in [2.24, 2.45) is 0 Å². The van der Waals surface area contributed by atoms with E-state index in [-0.39, 0.29) is 0 Å². The SMILES string of the molecule is C=Cc1c(-c2ccc3c(-c4ccc(C)cc4)c(OC)c(OC)cc3c2C)ccc(OC)c1OC. The van der Waals surface area contributed by atoms with Crippen LogP contribution in [0.1, 0.15) is 16.7 Å². The van der Waals surface area contributed by atoms with Gasteiger partial charge in [0.05, 0.1) is 28.4 Å². The molecular weight excluding hydrogens is 424 g/mol. The van der Waals surface area contributed by atoms with Gasteiger partial charge in [-0.3, -0.25) is 0 Å². The Morgan fingerprint density at radius 1 is 0.647 bits per heavy atom. The molecule has 0 atom stereocenters.